The summed E-state index contributed by atoms with van der Waals surface area (Å²) in [4.78, 5) is 18.6. The van der Waals surface area contributed by atoms with E-state index in [9.17, 15) is 13.2 Å². The molecule has 5 aliphatic heterocycles. The number of guanidine groups is 1. The van der Waals surface area contributed by atoms with Gasteiger partial charge in [-0.2, -0.15) is 18.2 Å². The number of aliphatic imine (C=N–C) groups is 3. The number of hydrogen-bond acceptors (Lipinski definition) is 7. The Kier molecular flexibility index (Phi) is 5.58. The Morgan fingerprint density at radius 1 is 1.21 bits per heavy atom. The van der Waals surface area contributed by atoms with Crippen LogP contribution in [0.25, 0.3) is 0 Å². The number of likely N-dealkylation sites (tertiary alicyclic amines) is 1. The van der Waals surface area contributed by atoms with Crippen LogP contribution in [-0.4, -0.2) is 91.0 Å². The van der Waals surface area contributed by atoms with Crippen molar-refractivity contribution in [2.24, 2.45) is 20.4 Å². The van der Waals surface area contributed by atoms with Crippen LogP contribution < -0.4 is 5.32 Å². The SMILES string of the molecule is CC1COCCN1C1=N[C@@H]2CN=CC=CC2(C)C(N2CCC2C2=CC=CNC2C(F)(F)F)=N1. The van der Waals surface area contributed by atoms with Crippen LogP contribution in [0.3, 0.4) is 0 Å². The van der Waals surface area contributed by atoms with Crippen LogP contribution in [0.4, 0.5) is 13.2 Å². The van der Waals surface area contributed by atoms with Crippen LogP contribution in [0.2, 0.25) is 0 Å². The average molecular weight is 463 g/mol. The molecule has 1 N–H and O–H groups in total. The van der Waals surface area contributed by atoms with Gasteiger partial charge in [-0.3, -0.25) is 4.99 Å². The maximum absolute atomic E-state index is 13.8. The van der Waals surface area contributed by atoms with E-state index in [0.29, 0.717) is 50.8 Å². The molecule has 2 fully saturated rings. The molecule has 0 aromatic heterocycles. The Balaban J connectivity index is 1.52. The molecule has 178 valence electrons. The highest BCUT2D eigenvalue weighted by atomic mass is 19.4. The number of fused-ring (bicyclic) bond motifs is 1. The summed E-state index contributed by atoms with van der Waals surface area (Å²) in [7, 11) is 0. The monoisotopic (exact) mass is 462 g/mol. The minimum atomic E-state index is -4.37. The number of amidine groups is 1. The van der Waals surface area contributed by atoms with Crippen LogP contribution in [0.1, 0.15) is 20.3 Å². The highest BCUT2D eigenvalue weighted by Gasteiger charge is 2.52. The second kappa shape index (κ2) is 8.30. The number of halogens is 3. The molecule has 33 heavy (non-hydrogen) atoms. The van der Waals surface area contributed by atoms with Crippen molar-refractivity contribution in [3.8, 4) is 0 Å². The molecular formula is C23H29F3N6O. The molecular weight excluding hydrogens is 433 g/mol. The lowest BCUT2D eigenvalue weighted by Crippen LogP contribution is -2.63. The molecule has 5 aliphatic rings. The summed E-state index contributed by atoms with van der Waals surface area (Å²) in [6.07, 6.45) is 6.57. The highest BCUT2D eigenvalue weighted by molar-refractivity contribution is 6.03. The van der Waals surface area contributed by atoms with Crippen molar-refractivity contribution in [3.63, 3.8) is 0 Å². The summed E-state index contributed by atoms with van der Waals surface area (Å²) >= 11 is 0. The molecule has 0 radical (unpaired) electrons. The van der Waals surface area contributed by atoms with Gasteiger partial charge in [0.15, 0.2) is 0 Å². The fraction of sp³-hybridized carbons (Fsp3) is 0.609. The lowest BCUT2D eigenvalue weighted by atomic mass is 9.76. The highest BCUT2D eigenvalue weighted by Crippen LogP contribution is 2.41. The van der Waals surface area contributed by atoms with Gasteiger partial charge in [0.1, 0.15) is 11.9 Å². The number of rotatable bonds is 1. The third-order valence-electron chi connectivity index (χ3n) is 7.17. The topological polar surface area (TPSA) is 64.8 Å². The van der Waals surface area contributed by atoms with E-state index in [4.69, 9.17) is 14.7 Å². The van der Waals surface area contributed by atoms with Gasteiger partial charge >= 0.3 is 6.18 Å². The summed E-state index contributed by atoms with van der Waals surface area (Å²) in [6.45, 7) is 7.15. The molecule has 0 saturated carbocycles. The zero-order valence-corrected chi connectivity index (χ0v) is 18.8. The van der Waals surface area contributed by atoms with Gasteiger partial charge in [0.2, 0.25) is 5.96 Å². The predicted molar refractivity (Wildman–Crippen MR) is 122 cm³/mol. The minimum Gasteiger partial charge on any atom is -0.377 e. The van der Waals surface area contributed by atoms with Crippen molar-refractivity contribution in [1.82, 2.24) is 15.1 Å². The predicted octanol–water partition coefficient (Wildman–Crippen LogP) is 2.54. The smallest absolute Gasteiger partial charge is 0.377 e. The van der Waals surface area contributed by atoms with Gasteiger partial charge in [0.05, 0.1) is 43.3 Å². The summed E-state index contributed by atoms with van der Waals surface area (Å²) in [6, 6.07) is -2.12. The summed E-state index contributed by atoms with van der Waals surface area (Å²) < 4.78 is 46.9. The first-order valence-corrected chi connectivity index (χ1v) is 11.4. The molecule has 0 spiro atoms. The van der Waals surface area contributed by atoms with E-state index in [2.05, 4.69) is 29.1 Å². The lowest BCUT2D eigenvalue weighted by Gasteiger charge is -2.52. The number of nitrogens with zero attached hydrogens (tertiary/aromatic N) is 5. The Labute approximate surface area is 191 Å². The number of morpholine rings is 1. The Hall–Kier alpha value is -2.62. The van der Waals surface area contributed by atoms with Crippen LogP contribution in [-0.2, 0) is 4.74 Å². The quantitative estimate of drug-likeness (QED) is 0.651. The maximum Gasteiger partial charge on any atom is 0.412 e. The van der Waals surface area contributed by atoms with Gasteiger partial charge in [0.25, 0.3) is 0 Å². The molecule has 5 rings (SSSR count). The third kappa shape index (κ3) is 3.88. The van der Waals surface area contributed by atoms with E-state index < -0.39 is 17.6 Å². The number of alkyl halides is 3. The fourth-order valence-electron chi connectivity index (χ4n) is 5.16. The van der Waals surface area contributed by atoms with Crippen molar-refractivity contribution in [1.29, 1.82) is 0 Å². The van der Waals surface area contributed by atoms with Gasteiger partial charge in [-0.25, -0.2) is 4.99 Å². The number of allylic oxidation sites excluding steroid dienone is 3. The van der Waals surface area contributed by atoms with E-state index >= 15 is 0 Å². The molecule has 0 aromatic rings. The normalized spacial score (nSPS) is 36.2. The molecule has 0 amide bonds. The van der Waals surface area contributed by atoms with E-state index in [1.54, 1.807) is 18.4 Å². The Bertz CT molecular complexity index is 968. The van der Waals surface area contributed by atoms with Crippen LogP contribution in [0.15, 0.2) is 51.1 Å². The Morgan fingerprint density at radius 3 is 2.79 bits per heavy atom. The summed E-state index contributed by atoms with van der Waals surface area (Å²) in [5.41, 5.74) is -0.225. The lowest BCUT2D eigenvalue weighted by molar-refractivity contribution is -0.147. The second-order valence-electron chi connectivity index (χ2n) is 9.32. The molecule has 10 heteroatoms. The van der Waals surface area contributed by atoms with Gasteiger partial charge in [0, 0.05) is 19.3 Å². The van der Waals surface area contributed by atoms with Gasteiger partial charge < -0.3 is 19.9 Å². The van der Waals surface area contributed by atoms with Crippen LogP contribution >= 0.6 is 0 Å². The molecule has 5 heterocycles. The van der Waals surface area contributed by atoms with Gasteiger partial charge in [-0.1, -0.05) is 12.2 Å². The van der Waals surface area contributed by atoms with Crippen molar-refractivity contribution >= 4 is 18.0 Å². The van der Waals surface area contributed by atoms with Crippen LogP contribution in [0.5, 0.6) is 0 Å². The van der Waals surface area contributed by atoms with Crippen LogP contribution in [0, 0.1) is 5.41 Å². The van der Waals surface area contributed by atoms with E-state index in [1.165, 1.54) is 6.20 Å². The molecule has 7 nitrogen and oxygen atoms in total. The van der Waals surface area contributed by atoms with Crippen molar-refractivity contribution < 1.29 is 17.9 Å². The largest absolute Gasteiger partial charge is 0.412 e. The van der Waals surface area contributed by atoms with Crippen molar-refractivity contribution in [3.05, 3.63) is 36.1 Å². The minimum absolute atomic E-state index is 0.119. The summed E-state index contributed by atoms with van der Waals surface area (Å²) in [5, 5.41) is 2.50. The first-order valence-electron chi connectivity index (χ1n) is 11.4. The Morgan fingerprint density at radius 2 is 2.06 bits per heavy atom. The molecule has 0 bridgehead atoms. The number of dihydropyridines is 1. The first-order chi connectivity index (χ1) is 15.8. The molecule has 4 unspecified atom stereocenters. The van der Waals surface area contributed by atoms with Crippen molar-refractivity contribution in [2.45, 2.75) is 50.6 Å². The van der Waals surface area contributed by atoms with E-state index in [1.807, 2.05) is 17.1 Å². The second-order valence-corrected chi connectivity index (χ2v) is 9.32. The summed E-state index contributed by atoms with van der Waals surface area (Å²) in [5.74, 6) is 1.40. The first kappa shape index (κ1) is 22.2. The average Bonchev–Trinajstić information content (AvgIpc) is 2.95. The van der Waals surface area contributed by atoms with Crippen molar-refractivity contribution in [2.75, 3.05) is 32.8 Å². The van der Waals surface area contributed by atoms with E-state index in [-0.39, 0.29) is 18.1 Å². The van der Waals surface area contributed by atoms with Gasteiger partial charge in [-0.15, -0.1) is 0 Å². The number of hydrogen-bond donors (Lipinski definition) is 1. The maximum atomic E-state index is 13.8. The third-order valence-corrected chi connectivity index (χ3v) is 7.17. The molecule has 0 aliphatic carbocycles. The molecule has 5 atom stereocenters. The number of ether oxygens (including phenoxy) is 1. The molecule has 0 aromatic carbocycles. The van der Waals surface area contributed by atoms with Gasteiger partial charge in [-0.05, 0) is 44.2 Å². The zero-order chi connectivity index (χ0) is 23.2. The number of nitrogens with one attached hydrogen (secondary N) is 1. The zero-order valence-electron chi connectivity index (χ0n) is 18.8. The molecule has 2 saturated heterocycles. The fourth-order valence-corrected chi connectivity index (χ4v) is 5.16. The standard InChI is InChI=1S/C23H29F3N6O/c1-15-14-33-12-11-31(15)21-29-18-13-27-8-4-7-22(18,2)20(30-21)32-10-6-17(32)16-5-3-9-28-19(16)23(24,25)26/h3-5,7-9,15,17-19,28H,6,10-14H2,1-2H3/t15?,17?,18-,19?,22?/m1/s1. The van der Waals surface area contributed by atoms with E-state index in [0.717, 1.165) is 5.84 Å².